The molecular weight excluding hydrogens is 318 g/mol. The van der Waals surface area contributed by atoms with Crippen molar-refractivity contribution in [1.82, 2.24) is 5.32 Å². The molecule has 0 aliphatic rings. The van der Waals surface area contributed by atoms with E-state index in [1.807, 2.05) is 0 Å². The van der Waals surface area contributed by atoms with Crippen LogP contribution in [0.3, 0.4) is 0 Å². The second-order valence-corrected chi connectivity index (χ2v) is 7.89. The van der Waals surface area contributed by atoms with E-state index >= 15 is 0 Å². The van der Waals surface area contributed by atoms with Crippen molar-refractivity contribution in [3.63, 3.8) is 0 Å². The first-order valence-corrected chi connectivity index (χ1v) is 11.7. The number of rotatable bonds is 21. The summed E-state index contributed by atoms with van der Waals surface area (Å²) in [5.41, 5.74) is 0. The molecule has 0 rings (SSSR count). The molecule has 0 aromatic rings. The number of unbranched alkanes of at least 4 members (excludes halogenated alkanes) is 18. The van der Waals surface area contributed by atoms with Crippen molar-refractivity contribution in [2.45, 2.75) is 135 Å². The molecule has 2 heteroatoms. The Balaban J connectivity index is 3.03. The number of amides is 1. The zero-order chi connectivity index (χ0) is 19.1. The molecule has 0 aliphatic heterocycles. The highest BCUT2D eigenvalue weighted by Gasteiger charge is 1.98. The molecule has 1 N–H and O–H groups in total. The molecule has 0 unspecified atom stereocenters. The second kappa shape index (κ2) is 22.3. The lowest BCUT2D eigenvalue weighted by atomic mass is 10.0. The van der Waals surface area contributed by atoms with E-state index in [1.165, 1.54) is 122 Å². The molecule has 1 amide bonds. The second-order valence-electron chi connectivity index (χ2n) is 7.89. The highest BCUT2D eigenvalue weighted by molar-refractivity contribution is 5.76. The van der Waals surface area contributed by atoms with E-state index in [1.54, 1.807) is 0 Å². The summed E-state index contributed by atoms with van der Waals surface area (Å²) in [6, 6.07) is 0. The SMILES string of the molecule is C=CNC(=O)CCCCCCCCCCCCCCCCCCCCC. The maximum atomic E-state index is 11.2. The minimum absolute atomic E-state index is 0.104. The maximum absolute atomic E-state index is 11.2. The molecular formula is C24H47NO. The van der Waals surface area contributed by atoms with Crippen LogP contribution in [0, 0.1) is 0 Å². The third-order valence-electron chi connectivity index (χ3n) is 5.27. The Morgan fingerprint density at radius 1 is 0.615 bits per heavy atom. The lowest BCUT2D eigenvalue weighted by Crippen LogP contribution is -2.15. The van der Waals surface area contributed by atoms with Crippen molar-refractivity contribution in [3.05, 3.63) is 12.8 Å². The fourth-order valence-corrected chi connectivity index (χ4v) is 3.55. The van der Waals surface area contributed by atoms with Gasteiger partial charge in [0.25, 0.3) is 0 Å². The lowest BCUT2D eigenvalue weighted by molar-refractivity contribution is -0.120. The molecule has 0 spiro atoms. The van der Waals surface area contributed by atoms with E-state index in [0.29, 0.717) is 6.42 Å². The summed E-state index contributed by atoms with van der Waals surface area (Å²) in [4.78, 5) is 11.2. The van der Waals surface area contributed by atoms with Gasteiger partial charge in [-0.3, -0.25) is 4.79 Å². The maximum Gasteiger partial charge on any atom is 0.223 e. The summed E-state index contributed by atoms with van der Waals surface area (Å²) in [7, 11) is 0. The van der Waals surface area contributed by atoms with E-state index in [-0.39, 0.29) is 5.91 Å². The Bertz CT molecular complexity index is 301. The fourth-order valence-electron chi connectivity index (χ4n) is 3.55. The Morgan fingerprint density at radius 2 is 0.923 bits per heavy atom. The molecule has 26 heavy (non-hydrogen) atoms. The summed E-state index contributed by atoms with van der Waals surface area (Å²) in [5, 5.41) is 2.63. The van der Waals surface area contributed by atoms with E-state index in [2.05, 4.69) is 18.8 Å². The van der Waals surface area contributed by atoms with E-state index in [9.17, 15) is 4.79 Å². The Labute approximate surface area is 164 Å². The minimum atomic E-state index is 0.104. The fraction of sp³-hybridized carbons (Fsp3) is 0.875. The van der Waals surface area contributed by atoms with Crippen molar-refractivity contribution in [2.75, 3.05) is 0 Å². The minimum Gasteiger partial charge on any atom is -0.333 e. The first kappa shape index (κ1) is 25.2. The smallest absolute Gasteiger partial charge is 0.223 e. The molecule has 0 bridgehead atoms. The molecule has 0 heterocycles. The first-order valence-electron chi connectivity index (χ1n) is 11.7. The van der Waals surface area contributed by atoms with Crippen LogP contribution in [0.4, 0.5) is 0 Å². The molecule has 0 aromatic heterocycles. The van der Waals surface area contributed by atoms with Gasteiger partial charge < -0.3 is 5.32 Å². The van der Waals surface area contributed by atoms with E-state index < -0.39 is 0 Å². The molecule has 0 aliphatic carbocycles. The van der Waals surface area contributed by atoms with Crippen molar-refractivity contribution in [1.29, 1.82) is 0 Å². The van der Waals surface area contributed by atoms with Crippen molar-refractivity contribution >= 4 is 5.91 Å². The van der Waals surface area contributed by atoms with Crippen LogP contribution in [0.2, 0.25) is 0 Å². The lowest BCUT2D eigenvalue weighted by Gasteiger charge is -2.04. The van der Waals surface area contributed by atoms with Crippen molar-refractivity contribution < 1.29 is 4.79 Å². The highest BCUT2D eigenvalue weighted by Crippen LogP contribution is 2.14. The zero-order valence-corrected chi connectivity index (χ0v) is 17.8. The standard InChI is InChI=1S/C24H47NO/c1-3-5-6-7-8-9-10-11-12-13-14-15-16-17-18-19-20-21-22-23-24(26)25-4-2/h4H,2-3,5-23H2,1H3,(H,25,26). The Kier molecular flexibility index (Phi) is 21.6. The normalized spacial score (nSPS) is 10.8. The zero-order valence-electron chi connectivity index (χ0n) is 17.8. The van der Waals surface area contributed by atoms with Gasteiger partial charge in [-0.25, -0.2) is 0 Å². The monoisotopic (exact) mass is 365 g/mol. The van der Waals surface area contributed by atoms with Crippen LogP contribution < -0.4 is 5.32 Å². The summed E-state index contributed by atoms with van der Waals surface area (Å²) >= 11 is 0. The quantitative estimate of drug-likeness (QED) is 0.205. The molecule has 0 saturated carbocycles. The van der Waals surface area contributed by atoms with Crippen molar-refractivity contribution in [2.24, 2.45) is 0 Å². The molecule has 0 aromatic carbocycles. The van der Waals surface area contributed by atoms with Gasteiger partial charge in [-0.2, -0.15) is 0 Å². The van der Waals surface area contributed by atoms with Crippen LogP contribution >= 0.6 is 0 Å². The van der Waals surface area contributed by atoms with Crippen LogP contribution in [0.1, 0.15) is 135 Å². The third-order valence-corrected chi connectivity index (χ3v) is 5.27. The molecule has 0 fully saturated rings. The third kappa shape index (κ3) is 21.3. The number of hydrogen-bond acceptors (Lipinski definition) is 1. The number of carbonyl (C=O) groups excluding carboxylic acids is 1. The van der Waals surface area contributed by atoms with Gasteiger partial charge >= 0.3 is 0 Å². The Hall–Kier alpha value is -0.790. The first-order chi connectivity index (χ1) is 12.8. The average molecular weight is 366 g/mol. The van der Waals surface area contributed by atoms with E-state index in [0.717, 1.165) is 6.42 Å². The van der Waals surface area contributed by atoms with Gasteiger partial charge in [0.15, 0.2) is 0 Å². The largest absolute Gasteiger partial charge is 0.333 e. The summed E-state index contributed by atoms with van der Waals surface area (Å²) in [6.45, 7) is 5.79. The number of hydrogen-bond donors (Lipinski definition) is 1. The average Bonchev–Trinajstić information content (AvgIpc) is 2.64. The summed E-state index contributed by atoms with van der Waals surface area (Å²) < 4.78 is 0. The van der Waals surface area contributed by atoms with Crippen LogP contribution in [-0.2, 0) is 4.79 Å². The highest BCUT2D eigenvalue weighted by atomic mass is 16.1. The van der Waals surface area contributed by atoms with Gasteiger partial charge in [-0.05, 0) is 12.6 Å². The molecule has 0 saturated heterocycles. The van der Waals surface area contributed by atoms with Gasteiger partial charge in [-0.1, -0.05) is 129 Å². The van der Waals surface area contributed by atoms with Crippen LogP contribution in [0.15, 0.2) is 12.8 Å². The summed E-state index contributed by atoms with van der Waals surface area (Å²) in [5.74, 6) is 0.104. The summed E-state index contributed by atoms with van der Waals surface area (Å²) in [6.07, 6.45) is 28.4. The van der Waals surface area contributed by atoms with E-state index in [4.69, 9.17) is 0 Å². The number of nitrogens with one attached hydrogen (secondary N) is 1. The van der Waals surface area contributed by atoms with Gasteiger partial charge in [0, 0.05) is 6.42 Å². The van der Waals surface area contributed by atoms with Crippen LogP contribution in [0.5, 0.6) is 0 Å². The van der Waals surface area contributed by atoms with Gasteiger partial charge in [-0.15, -0.1) is 0 Å². The number of carbonyl (C=O) groups is 1. The predicted molar refractivity (Wildman–Crippen MR) is 116 cm³/mol. The molecule has 154 valence electrons. The van der Waals surface area contributed by atoms with Gasteiger partial charge in [0.1, 0.15) is 0 Å². The Morgan fingerprint density at radius 3 is 1.23 bits per heavy atom. The van der Waals surface area contributed by atoms with Gasteiger partial charge in [0.05, 0.1) is 0 Å². The topological polar surface area (TPSA) is 29.1 Å². The molecule has 0 radical (unpaired) electrons. The van der Waals surface area contributed by atoms with Crippen LogP contribution in [-0.4, -0.2) is 5.91 Å². The van der Waals surface area contributed by atoms with Crippen LogP contribution in [0.25, 0.3) is 0 Å². The van der Waals surface area contributed by atoms with Gasteiger partial charge in [0.2, 0.25) is 5.91 Å². The predicted octanol–water partition coefficient (Wildman–Crippen LogP) is 8.07. The van der Waals surface area contributed by atoms with Crippen molar-refractivity contribution in [3.8, 4) is 0 Å². The molecule has 2 nitrogen and oxygen atoms in total. The molecule has 0 atom stereocenters.